The minimum atomic E-state index is -0.0731. The molecule has 0 bridgehead atoms. The smallest absolute Gasteiger partial charge is 0.168 e. The van der Waals surface area contributed by atoms with Gasteiger partial charge in [-0.2, -0.15) is 0 Å². The van der Waals surface area contributed by atoms with Crippen LogP contribution < -0.4 is 5.43 Å². The molecule has 0 spiro atoms. The molecule has 0 unspecified atom stereocenters. The van der Waals surface area contributed by atoms with Crippen molar-refractivity contribution in [1.82, 2.24) is 5.01 Å². The fourth-order valence-corrected chi connectivity index (χ4v) is 3.44. The Morgan fingerprint density at radius 3 is 2.07 bits per heavy atom. The van der Waals surface area contributed by atoms with Gasteiger partial charge in [0.05, 0.1) is 11.4 Å². The number of Topliss-reactive ketones (excluding diaryl/α,β-unsaturated/α-hetero) is 1. The largest absolute Gasteiger partial charge is 0.298 e. The predicted molar refractivity (Wildman–Crippen MR) is 110 cm³/mol. The van der Waals surface area contributed by atoms with Gasteiger partial charge in [-0.05, 0) is 24.1 Å². The number of hydrazine groups is 1. The van der Waals surface area contributed by atoms with Gasteiger partial charge in [0.2, 0.25) is 0 Å². The van der Waals surface area contributed by atoms with Crippen molar-refractivity contribution in [2.75, 3.05) is 12.0 Å². The third-order valence-corrected chi connectivity index (χ3v) is 4.83. The molecule has 0 radical (unpaired) electrons. The van der Waals surface area contributed by atoms with E-state index in [9.17, 15) is 4.79 Å². The van der Waals surface area contributed by atoms with E-state index in [-0.39, 0.29) is 11.7 Å². The molecule has 1 aliphatic rings. The summed E-state index contributed by atoms with van der Waals surface area (Å²) in [7, 11) is 0. The van der Waals surface area contributed by atoms with Crippen LogP contribution in [0.4, 0.5) is 5.69 Å². The Balaban J connectivity index is 1.62. The summed E-state index contributed by atoms with van der Waals surface area (Å²) in [5, 5.41) is 2.10. The van der Waals surface area contributed by atoms with Crippen LogP contribution in [0.15, 0.2) is 97.1 Å². The molecule has 0 aliphatic carbocycles. The monoisotopic (exact) mass is 354 g/mol. The average molecular weight is 354 g/mol. The summed E-state index contributed by atoms with van der Waals surface area (Å²) < 4.78 is 0. The van der Waals surface area contributed by atoms with Gasteiger partial charge in [0.15, 0.2) is 5.78 Å². The van der Waals surface area contributed by atoms with Gasteiger partial charge in [0.1, 0.15) is 0 Å². The van der Waals surface area contributed by atoms with Gasteiger partial charge in [0, 0.05) is 18.0 Å². The Kier molecular flexibility index (Phi) is 5.01. The van der Waals surface area contributed by atoms with Crippen LogP contribution in [0.5, 0.6) is 0 Å². The van der Waals surface area contributed by atoms with Crippen molar-refractivity contribution < 1.29 is 4.79 Å². The van der Waals surface area contributed by atoms with E-state index in [2.05, 4.69) is 28.6 Å². The number of anilines is 1. The second-order valence-electron chi connectivity index (χ2n) is 6.71. The molecule has 1 heterocycles. The summed E-state index contributed by atoms with van der Waals surface area (Å²) in [5.41, 5.74) is 7.51. The molecule has 3 nitrogen and oxygen atoms in total. The number of allylic oxidation sites excluding steroid dienone is 1. The van der Waals surface area contributed by atoms with Gasteiger partial charge in [-0.3, -0.25) is 15.2 Å². The Hall–Kier alpha value is -3.33. The molecule has 0 saturated carbocycles. The first kappa shape index (κ1) is 17.1. The van der Waals surface area contributed by atoms with E-state index in [4.69, 9.17) is 0 Å². The Morgan fingerprint density at radius 2 is 1.41 bits per heavy atom. The highest BCUT2D eigenvalue weighted by atomic mass is 16.1. The molecular weight excluding hydrogens is 332 g/mol. The number of benzene rings is 3. The highest BCUT2D eigenvalue weighted by molar-refractivity contribution is 5.98. The molecule has 134 valence electrons. The fourth-order valence-electron chi connectivity index (χ4n) is 3.44. The lowest BCUT2D eigenvalue weighted by molar-refractivity contribution is 0.0900. The van der Waals surface area contributed by atoms with Crippen LogP contribution in [-0.2, 0) is 0 Å². The van der Waals surface area contributed by atoms with Crippen LogP contribution in [0, 0.1) is 5.92 Å². The van der Waals surface area contributed by atoms with Gasteiger partial charge in [-0.15, -0.1) is 0 Å². The number of nitrogens with one attached hydrogen (secondary N) is 1. The molecule has 0 aromatic heterocycles. The van der Waals surface area contributed by atoms with Crippen molar-refractivity contribution >= 4 is 17.2 Å². The molecule has 4 rings (SSSR count). The first-order chi connectivity index (χ1) is 13.3. The lowest BCUT2D eigenvalue weighted by Crippen LogP contribution is -2.39. The third kappa shape index (κ3) is 3.93. The van der Waals surface area contributed by atoms with E-state index >= 15 is 0 Å². The lowest BCUT2D eigenvalue weighted by atomic mass is 9.90. The first-order valence-corrected chi connectivity index (χ1v) is 9.25. The van der Waals surface area contributed by atoms with E-state index in [1.165, 1.54) is 0 Å². The maximum Gasteiger partial charge on any atom is 0.168 e. The molecule has 0 fully saturated rings. The van der Waals surface area contributed by atoms with Crippen molar-refractivity contribution in [1.29, 1.82) is 0 Å². The second kappa shape index (κ2) is 7.92. The van der Waals surface area contributed by atoms with Crippen molar-refractivity contribution in [3.8, 4) is 0 Å². The predicted octanol–water partition coefficient (Wildman–Crippen LogP) is 5.26. The minimum Gasteiger partial charge on any atom is -0.298 e. The quantitative estimate of drug-likeness (QED) is 0.634. The zero-order valence-corrected chi connectivity index (χ0v) is 15.1. The Morgan fingerprint density at radius 1 is 0.815 bits per heavy atom. The number of para-hydroxylation sites is 1. The maximum absolute atomic E-state index is 13.0. The van der Waals surface area contributed by atoms with Crippen LogP contribution >= 0.6 is 0 Å². The van der Waals surface area contributed by atoms with Crippen LogP contribution in [0.1, 0.15) is 22.3 Å². The summed E-state index contributed by atoms with van der Waals surface area (Å²) in [4.78, 5) is 13.0. The molecule has 3 heteroatoms. The standard InChI is InChI=1S/C24H22N2O/c27-24(20-12-6-2-7-13-20)21-16-17-23(19-10-4-1-5-11-19)26(18-21)25-22-14-8-3-9-15-22/h1-15,17,21,25H,16,18H2/t21-/m1/s1. The van der Waals surface area contributed by atoms with Gasteiger partial charge < -0.3 is 0 Å². The van der Waals surface area contributed by atoms with Crippen LogP contribution in [0.3, 0.4) is 0 Å². The SMILES string of the molecule is O=C(c1ccccc1)[C@@H]1CC=C(c2ccccc2)N(Nc2ccccc2)C1. The van der Waals surface area contributed by atoms with Crippen LogP contribution in [0.2, 0.25) is 0 Å². The maximum atomic E-state index is 13.0. The molecule has 3 aromatic rings. The zero-order valence-electron chi connectivity index (χ0n) is 15.1. The zero-order chi connectivity index (χ0) is 18.5. The summed E-state index contributed by atoms with van der Waals surface area (Å²) in [6.07, 6.45) is 2.91. The molecule has 27 heavy (non-hydrogen) atoms. The molecule has 1 aliphatic heterocycles. The van der Waals surface area contributed by atoms with Crippen molar-refractivity contribution in [2.24, 2.45) is 5.92 Å². The van der Waals surface area contributed by atoms with Crippen molar-refractivity contribution in [2.45, 2.75) is 6.42 Å². The summed E-state index contributed by atoms with van der Waals surface area (Å²) in [5.74, 6) is 0.120. The molecule has 3 aromatic carbocycles. The third-order valence-electron chi connectivity index (χ3n) is 4.83. The number of carbonyl (C=O) groups is 1. The van der Waals surface area contributed by atoms with E-state index in [0.29, 0.717) is 6.54 Å². The van der Waals surface area contributed by atoms with E-state index < -0.39 is 0 Å². The van der Waals surface area contributed by atoms with E-state index in [1.54, 1.807) is 0 Å². The normalized spacial score (nSPS) is 16.5. The summed E-state index contributed by atoms with van der Waals surface area (Å²) in [6.45, 7) is 0.628. The van der Waals surface area contributed by atoms with Crippen LogP contribution in [-0.4, -0.2) is 17.3 Å². The molecule has 1 atom stereocenters. The summed E-state index contributed by atoms with van der Waals surface area (Å²) >= 11 is 0. The number of rotatable bonds is 5. The second-order valence-corrected chi connectivity index (χ2v) is 6.71. The van der Waals surface area contributed by atoms with Crippen molar-refractivity contribution in [3.05, 3.63) is 108 Å². The minimum absolute atomic E-state index is 0.0731. The molecule has 0 amide bonds. The first-order valence-electron chi connectivity index (χ1n) is 9.25. The number of hydrogen-bond acceptors (Lipinski definition) is 3. The Bertz CT molecular complexity index is 920. The van der Waals surface area contributed by atoms with E-state index in [1.807, 2.05) is 78.9 Å². The highest BCUT2D eigenvalue weighted by Crippen LogP contribution is 2.29. The molecule has 0 saturated heterocycles. The number of carbonyl (C=O) groups excluding carboxylic acids is 1. The topological polar surface area (TPSA) is 32.3 Å². The molecular formula is C24H22N2O. The molecule has 1 N–H and O–H groups in total. The number of ketones is 1. The van der Waals surface area contributed by atoms with Gasteiger partial charge in [-0.1, -0.05) is 84.9 Å². The van der Waals surface area contributed by atoms with Crippen LogP contribution in [0.25, 0.3) is 5.70 Å². The van der Waals surface area contributed by atoms with Crippen molar-refractivity contribution in [3.63, 3.8) is 0 Å². The number of nitrogens with zero attached hydrogens (tertiary/aromatic N) is 1. The van der Waals surface area contributed by atoms with Gasteiger partial charge >= 0.3 is 0 Å². The van der Waals surface area contributed by atoms with E-state index in [0.717, 1.165) is 28.9 Å². The lowest BCUT2D eigenvalue weighted by Gasteiger charge is -2.35. The van der Waals surface area contributed by atoms with Gasteiger partial charge in [-0.25, -0.2) is 0 Å². The Labute approximate surface area is 159 Å². The highest BCUT2D eigenvalue weighted by Gasteiger charge is 2.28. The summed E-state index contributed by atoms with van der Waals surface area (Å²) in [6, 6.07) is 29.9. The average Bonchev–Trinajstić information content (AvgIpc) is 2.75. The number of hydrogen-bond donors (Lipinski definition) is 1. The fraction of sp³-hybridized carbons (Fsp3) is 0.125. The van der Waals surface area contributed by atoms with Gasteiger partial charge in [0.25, 0.3) is 0 Å².